The number of halogens is 1. The average molecular weight is 570 g/mol. The van der Waals surface area contributed by atoms with Crippen molar-refractivity contribution < 1.29 is 14.3 Å². The third-order valence-corrected chi connectivity index (χ3v) is 8.96. The second-order valence-electron chi connectivity index (χ2n) is 11.3. The first-order valence-corrected chi connectivity index (χ1v) is 15.0. The van der Waals surface area contributed by atoms with Crippen molar-refractivity contribution in [3.05, 3.63) is 101 Å². The summed E-state index contributed by atoms with van der Waals surface area (Å²) in [7, 11) is 1.63. The molecule has 4 aromatic rings. The number of nitrogens with zero attached hydrogens (tertiary/aromatic N) is 2. The van der Waals surface area contributed by atoms with Crippen molar-refractivity contribution in [2.24, 2.45) is 0 Å². The third kappa shape index (κ3) is 5.21. The van der Waals surface area contributed by atoms with Gasteiger partial charge in [-0.3, -0.25) is 9.59 Å². The molecule has 6 nitrogen and oxygen atoms in total. The molecule has 0 saturated heterocycles. The zero-order chi connectivity index (χ0) is 28.4. The SMILES string of the molecule is COc1ccc2cc3n(c2c1)C[C@](C(=O)NC1CCCCCCC1)(c1ccccc1)N(Cc1cccc(Cl)c1)C3=O. The van der Waals surface area contributed by atoms with Crippen molar-refractivity contribution in [2.75, 3.05) is 7.11 Å². The van der Waals surface area contributed by atoms with Crippen molar-refractivity contribution in [2.45, 2.75) is 69.6 Å². The molecule has 2 aliphatic rings. The second-order valence-corrected chi connectivity index (χ2v) is 11.7. The molecule has 0 spiro atoms. The summed E-state index contributed by atoms with van der Waals surface area (Å²) in [6.45, 7) is 0.533. The van der Waals surface area contributed by atoms with E-state index < -0.39 is 5.54 Å². The number of carbonyl (C=O) groups excluding carboxylic acids is 2. The summed E-state index contributed by atoms with van der Waals surface area (Å²) in [5.74, 6) is 0.375. The van der Waals surface area contributed by atoms with Crippen molar-refractivity contribution in [3.8, 4) is 5.75 Å². The lowest BCUT2D eigenvalue weighted by atomic mass is 9.83. The Labute approximate surface area is 246 Å². The summed E-state index contributed by atoms with van der Waals surface area (Å²) < 4.78 is 7.53. The number of nitrogens with one attached hydrogen (secondary N) is 1. The Hall–Kier alpha value is -3.77. The van der Waals surface area contributed by atoms with Crippen LogP contribution < -0.4 is 10.1 Å². The first kappa shape index (κ1) is 27.4. The average Bonchev–Trinajstić information content (AvgIpc) is 3.34. The molecule has 1 aromatic heterocycles. The number of methoxy groups -OCH3 is 1. The predicted molar refractivity (Wildman–Crippen MR) is 162 cm³/mol. The van der Waals surface area contributed by atoms with E-state index in [9.17, 15) is 9.59 Å². The summed E-state index contributed by atoms with van der Waals surface area (Å²) in [5.41, 5.74) is 1.81. The van der Waals surface area contributed by atoms with E-state index in [4.69, 9.17) is 16.3 Å². The van der Waals surface area contributed by atoms with Gasteiger partial charge in [0.2, 0.25) is 0 Å². The van der Waals surface area contributed by atoms with Gasteiger partial charge in [0.15, 0.2) is 5.54 Å². The molecule has 1 aliphatic carbocycles. The van der Waals surface area contributed by atoms with Crippen molar-refractivity contribution >= 4 is 34.3 Å². The third-order valence-electron chi connectivity index (χ3n) is 8.72. The van der Waals surface area contributed by atoms with E-state index in [0.717, 1.165) is 47.7 Å². The molecule has 1 aliphatic heterocycles. The minimum Gasteiger partial charge on any atom is -0.497 e. The minimum atomic E-state index is -1.27. The quantitative estimate of drug-likeness (QED) is 0.270. The number of hydrogen-bond acceptors (Lipinski definition) is 3. The van der Waals surface area contributed by atoms with Crippen molar-refractivity contribution in [3.63, 3.8) is 0 Å². The summed E-state index contributed by atoms with van der Waals surface area (Å²) >= 11 is 6.37. The predicted octanol–water partition coefficient (Wildman–Crippen LogP) is 7.08. The van der Waals surface area contributed by atoms with Crippen LogP contribution in [-0.4, -0.2) is 34.4 Å². The molecule has 6 rings (SSSR count). The minimum absolute atomic E-state index is 0.0782. The van der Waals surface area contributed by atoms with Crippen LogP contribution in [0.1, 0.15) is 66.6 Å². The number of hydrogen-bond donors (Lipinski definition) is 1. The van der Waals surface area contributed by atoms with Crippen LogP contribution in [0.4, 0.5) is 0 Å². The zero-order valence-corrected chi connectivity index (χ0v) is 24.2. The number of carbonyl (C=O) groups is 2. The number of fused-ring (bicyclic) bond motifs is 3. The fourth-order valence-corrected chi connectivity index (χ4v) is 6.76. The van der Waals surface area contributed by atoms with Gasteiger partial charge in [0.1, 0.15) is 11.4 Å². The number of rotatable bonds is 6. The Morgan fingerprint density at radius 3 is 2.44 bits per heavy atom. The molecule has 1 atom stereocenters. The molecule has 41 heavy (non-hydrogen) atoms. The van der Waals surface area contributed by atoms with Gasteiger partial charge in [-0.1, -0.05) is 86.2 Å². The Morgan fingerprint density at radius 1 is 0.951 bits per heavy atom. The zero-order valence-electron chi connectivity index (χ0n) is 23.4. The normalized spacial score (nSPS) is 19.9. The van der Waals surface area contributed by atoms with Crippen LogP contribution in [-0.2, 0) is 23.4 Å². The van der Waals surface area contributed by atoms with Gasteiger partial charge in [0.05, 0.1) is 19.2 Å². The standard InChI is InChI=1S/C34H36ClN3O3/c1-41-29-18-17-25-20-31-32(39)38(22-24-11-10-14-27(35)19-24)34(23-37(31)30(25)21-29,26-12-6-5-7-13-26)33(40)36-28-15-8-3-2-4-9-16-28/h5-7,10-14,17-21,28H,2-4,8-9,15-16,22-23H2,1H3,(H,36,40)/t34-/m1/s1. The van der Waals surface area contributed by atoms with Crippen LogP contribution in [0.25, 0.3) is 10.9 Å². The fourth-order valence-electron chi connectivity index (χ4n) is 6.55. The molecule has 7 heteroatoms. The number of aromatic nitrogens is 1. The highest BCUT2D eigenvalue weighted by atomic mass is 35.5. The summed E-state index contributed by atoms with van der Waals surface area (Å²) in [5, 5.41) is 4.97. The Balaban J connectivity index is 1.52. The highest BCUT2D eigenvalue weighted by molar-refractivity contribution is 6.30. The van der Waals surface area contributed by atoms with Gasteiger partial charge in [-0.25, -0.2) is 0 Å². The molecule has 2 amide bonds. The molecule has 2 heterocycles. The van der Waals surface area contributed by atoms with E-state index in [2.05, 4.69) is 5.32 Å². The Bertz CT molecular complexity index is 1560. The van der Waals surface area contributed by atoms with Crippen molar-refractivity contribution in [1.29, 1.82) is 0 Å². The van der Waals surface area contributed by atoms with E-state index in [-0.39, 0.29) is 30.9 Å². The van der Waals surface area contributed by atoms with E-state index in [1.807, 2.05) is 83.4 Å². The summed E-state index contributed by atoms with van der Waals surface area (Å²) in [6, 6.07) is 25.1. The first-order chi connectivity index (χ1) is 20.0. The maximum atomic E-state index is 14.8. The maximum absolute atomic E-state index is 14.8. The van der Waals surface area contributed by atoms with Gasteiger partial charge < -0.3 is 19.5 Å². The lowest BCUT2D eigenvalue weighted by Gasteiger charge is -2.47. The molecule has 1 N–H and O–H groups in total. The second kappa shape index (κ2) is 11.6. The monoisotopic (exact) mass is 569 g/mol. The molecule has 0 radical (unpaired) electrons. The van der Waals surface area contributed by atoms with Crippen LogP contribution >= 0.6 is 11.6 Å². The number of amides is 2. The molecule has 0 bridgehead atoms. The van der Waals surface area contributed by atoms with E-state index >= 15 is 0 Å². The van der Waals surface area contributed by atoms with Gasteiger partial charge in [0.25, 0.3) is 11.8 Å². The first-order valence-electron chi connectivity index (χ1n) is 14.6. The topological polar surface area (TPSA) is 63.6 Å². The van der Waals surface area contributed by atoms with Gasteiger partial charge in [-0.2, -0.15) is 0 Å². The largest absolute Gasteiger partial charge is 0.497 e. The lowest BCUT2D eigenvalue weighted by molar-refractivity contribution is -0.136. The molecular weight excluding hydrogens is 534 g/mol. The molecule has 1 fully saturated rings. The summed E-state index contributed by atoms with van der Waals surface area (Å²) in [4.78, 5) is 31.2. The Morgan fingerprint density at radius 2 is 1.71 bits per heavy atom. The fraction of sp³-hybridized carbons (Fsp3) is 0.353. The Kier molecular flexibility index (Phi) is 7.76. The van der Waals surface area contributed by atoms with E-state index in [0.29, 0.717) is 16.5 Å². The van der Waals surface area contributed by atoms with Crippen LogP contribution in [0.3, 0.4) is 0 Å². The number of ether oxygens (including phenoxy) is 1. The van der Waals surface area contributed by atoms with Crippen molar-refractivity contribution in [1.82, 2.24) is 14.8 Å². The van der Waals surface area contributed by atoms with Crippen LogP contribution in [0.5, 0.6) is 5.75 Å². The highest BCUT2D eigenvalue weighted by Gasteiger charge is 2.52. The number of benzene rings is 3. The molecule has 3 aromatic carbocycles. The van der Waals surface area contributed by atoms with E-state index in [1.54, 1.807) is 12.0 Å². The molecular formula is C34H36ClN3O3. The van der Waals surface area contributed by atoms with Gasteiger partial charge >= 0.3 is 0 Å². The highest BCUT2D eigenvalue weighted by Crippen LogP contribution is 2.41. The molecule has 0 unspecified atom stereocenters. The lowest BCUT2D eigenvalue weighted by Crippen LogP contribution is -2.64. The smallest absolute Gasteiger partial charge is 0.272 e. The van der Waals surface area contributed by atoms with E-state index in [1.165, 1.54) is 19.3 Å². The van der Waals surface area contributed by atoms with Crippen LogP contribution in [0.2, 0.25) is 5.02 Å². The van der Waals surface area contributed by atoms with Crippen LogP contribution in [0, 0.1) is 0 Å². The maximum Gasteiger partial charge on any atom is 0.272 e. The molecule has 212 valence electrons. The summed E-state index contributed by atoms with van der Waals surface area (Å²) in [6.07, 6.45) is 7.73. The van der Waals surface area contributed by atoms with Gasteiger partial charge in [-0.05, 0) is 54.3 Å². The van der Waals surface area contributed by atoms with Gasteiger partial charge in [0, 0.05) is 29.1 Å². The van der Waals surface area contributed by atoms with Crippen LogP contribution in [0.15, 0.2) is 78.9 Å². The van der Waals surface area contributed by atoms with Gasteiger partial charge in [-0.15, -0.1) is 0 Å². The molecule has 1 saturated carbocycles.